The summed E-state index contributed by atoms with van der Waals surface area (Å²) in [5.74, 6) is 0.0379. The Morgan fingerprint density at radius 2 is 2.32 bits per heavy atom. The minimum Gasteiger partial charge on any atom is -0.496 e. The van der Waals surface area contributed by atoms with Crippen LogP contribution >= 0.6 is 11.8 Å². The summed E-state index contributed by atoms with van der Waals surface area (Å²) < 4.78 is 6.77. The van der Waals surface area contributed by atoms with Gasteiger partial charge in [-0.3, -0.25) is 0 Å². The number of benzene rings is 1. The highest BCUT2D eigenvalue weighted by molar-refractivity contribution is 7.98. The molecule has 0 aliphatic carbocycles. The Balaban J connectivity index is 2.13. The molecule has 0 amide bonds. The van der Waals surface area contributed by atoms with Gasteiger partial charge in [0.05, 0.1) is 7.11 Å². The first-order chi connectivity index (χ1) is 9.11. The number of hydrogen-bond acceptors (Lipinski definition) is 5. The van der Waals surface area contributed by atoms with Crippen LogP contribution in [0, 0.1) is 0 Å². The van der Waals surface area contributed by atoms with Crippen LogP contribution in [0.2, 0.25) is 0 Å². The lowest BCUT2D eigenvalue weighted by Gasteiger charge is -2.07. The van der Waals surface area contributed by atoms with Gasteiger partial charge in [0.25, 0.3) is 0 Å². The maximum Gasteiger partial charge on any atom is 0.339 e. The lowest BCUT2D eigenvalue weighted by molar-refractivity contribution is 0.0693. The van der Waals surface area contributed by atoms with E-state index in [9.17, 15) is 4.79 Å². The van der Waals surface area contributed by atoms with Gasteiger partial charge in [0.1, 0.15) is 17.6 Å². The molecule has 0 bridgehead atoms. The number of carboxylic acids is 1. The molecule has 0 saturated heterocycles. The van der Waals surface area contributed by atoms with Crippen LogP contribution in [0.4, 0.5) is 0 Å². The molecule has 6 nitrogen and oxygen atoms in total. The number of aromatic carboxylic acids is 1. The average molecular weight is 279 g/mol. The van der Waals surface area contributed by atoms with E-state index in [1.165, 1.54) is 25.2 Å². The largest absolute Gasteiger partial charge is 0.496 e. The maximum absolute atomic E-state index is 11.0. The molecule has 2 aromatic rings. The van der Waals surface area contributed by atoms with E-state index >= 15 is 0 Å². The average Bonchev–Trinajstić information content (AvgIpc) is 2.81. The van der Waals surface area contributed by atoms with Crippen molar-refractivity contribution in [1.29, 1.82) is 0 Å². The molecule has 1 heterocycles. The quantitative estimate of drug-likeness (QED) is 0.841. The van der Waals surface area contributed by atoms with E-state index in [1.54, 1.807) is 22.9 Å². The van der Waals surface area contributed by atoms with Gasteiger partial charge in [0.2, 0.25) is 0 Å². The number of thioether (sulfide) groups is 1. The highest BCUT2D eigenvalue weighted by Gasteiger charge is 2.11. The predicted octanol–water partition coefficient (Wildman–Crippen LogP) is 1.81. The monoisotopic (exact) mass is 279 g/mol. The van der Waals surface area contributed by atoms with Gasteiger partial charge in [0.15, 0.2) is 5.16 Å². The lowest BCUT2D eigenvalue weighted by atomic mass is 10.1. The minimum absolute atomic E-state index is 0.162. The molecular weight excluding hydrogens is 266 g/mol. The first-order valence-electron chi connectivity index (χ1n) is 5.49. The van der Waals surface area contributed by atoms with Crippen LogP contribution in [0.15, 0.2) is 29.7 Å². The van der Waals surface area contributed by atoms with Crippen LogP contribution in [0.5, 0.6) is 5.75 Å². The fraction of sp³-hybridized carbons (Fsp3) is 0.250. The predicted molar refractivity (Wildman–Crippen MR) is 70.5 cm³/mol. The Labute approximate surface area is 114 Å². The number of hydrogen-bond donors (Lipinski definition) is 1. The Bertz CT molecular complexity index is 598. The molecule has 19 heavy (non-hydrogen) atoms. The van der Waals surface area contributed by atoms with Crippen LogP contribution < -0.4 is 4.74 Å². The highest BCUT2D eigenvalue weighted by Crippen LogP contribution is 2.25. The third-order valence-corrected chi connectivity index (χ3v) is 3.64. The molecular formula is C12H13N3O3S. The molecule has 0 aliphatic rings. The van der Waals surface area contributed by atoms with Crippen molar-refractivity contribution in [3.8, 4) is 5.75 Å². The topological polar surface area (TPSA) is 77.2 Å². The van der Waals surface area contributed by atoms with Crippen LogP contribution in [-0.2, 0) is 12.8 Å². The minimum atomic E-state index is -0.996. The van der Waals surface area contributed by atoms with Crippen LogP contribution in [-0.4, -0.2) is 33.0 Å². The Hall–Kier alpha value is -2.02. The Morgan fingerprint density at radius 3 is 2.89 bits per heavy atom. The van der Waals surface area contributed by atoms with Gasteiger partial charge < -0.3 is 9.84 Å². The fourth-order valence-electron chi connectivity index (χ4n) is 1.57. The molecule has 1 aromatic carbocycles. The van der Waals surface area contributed by atoms with Crippen molar-refractivity contribution in [3.63, 3.8) is 0 Å². The van der Waals surface area contributed by atoms with Crippen molar-refractivity contribution >= 4 is 17.7 Å². The van der Waals surface area contributed by atoms with Gasteiger partial charge >= 0.3 is 5.97 Å². The molecule has 0 unspecified atom stereocenters. The number of carbonyl (C=O) groups is 1. The highest BCUT2D eigenvalue weighted by atomic mass is 32.2. The Morgan fingerprint density at radius 1 is 1.53 bits per heavy atom. The van der Waals surface area contributed by atoms with Crippen LogP contribution in [0.1, 0.15) is 15.9 Å². The summed E-state index contributed by atoms with van der Waals surface area (Å²) in [7, 11) is 3.28. The summed E-state index contributed by atoms with van der Waals surface area (Å²) in [4.78, 5) is 15.1. The summed E-state index contributed by atoms with van der Waals surface area (Å²) in [5, 5.41) is 13.8. The van der Waals surface area contributed by atoms with Crippen LogP contribution in [0.25, 0.3) is 0 Å². The number of rotatable bonds is 5. The Kier molecular flexibility index (Phi) is 4.06. The normalized spacial score (nSPS) is 10.4. The van der Waals surface area contributed by atoms with Gasteiger partial charge in [-0.2, -0.15) is 5.10 Å². The van der Waals surface area contributed by atoms with Crippen molar-refractivity contribution in [2.75, 3.05) is 7.11 Å². The van der Waals surface area contributed by atoms with E-state index in [2.05, 4.69) is 10.1 Å². The fourth-order valence-corrected chi connectivity index (χ4v) is 2.40. The summed E-state index contributed by atoms with van der Waals surface area (Å²) >= 11 is 1.53. The van der Waals surface area contributed by atoms with E-state index in [4.69, 9.17) is 9.84 Å². The molecule has 0 saturated carbocycles. The standard InChI is InChI=1S/C12H13N3O3S/c1-15-12(13-7-14-15)19-6-8-3-4-9(11(16)17)10(5-8)18-2/h3-5,7H,6H2,1-2H3,(H,16,17). The van der Waals surface area contributed by atoms with E-state index in [0.29, 0.717) is 11.5 Å². The second-order valence-electron chi connectivity index (χ2n) is 3.79. The third kappa shape index (κ3) is 3.05. The number of carboxylic acid groups (broad SMARTS) is 1. The number of methoxy groups -OCH3 is 1. The van der Waals surface area contributed by atoms with Gasteiger partial charge in [-0.05, 0) is 17.7 Å². The van der Waals surface area contributed by atoms with Crippen LogP contribution in [0.3, 0.4) is 0 Å². The summed E-state index contributed by atoms with van der Waals surface area (Å²) in [6.07, 6.45) is 1.50. The zero-order chi connectivity index (χ0) is 13.8. The second-order valence-corrected chi connectivity index (χ2v) is 4.74. The van der Waals surface area contributed by atoms with Gasteiger partial charge in [0, 0.05) is 12.8 Å². The number of nitrogens with zero attached hydrogens (tertiary/aromatic N) is 3. The smallest absolute Gasteiger partial charge is 0.339 e. The molecule has 0 atom stereocenters. The van der Waals surface area contributed by atoms with Crippen molar-refractivity contribution in [3.05, 3.63) is 35.7 Å². The number of ether oxygens (including phenoxy) is 1. The number of aryl methyl sites for hydroxylation is 1. The lowest BCUT2D eigenvalue weighted by Crippen LogP contribution is -2.01. The second kappa shape index (κ2) is 5.75. The van der Waals surface area contributed by atoms with Crippen molar-refractivity contribution in [2.24, 2.45) is 7.05 Å². The maximum atomic E-state index is 11.0. The first kappa shape index (κ1) is 13.4. The molecule has 100 valence electrons. The van der Waals surface area contributed by atoms with Crippen molar-refractivity contribution in [2.45, 2.75) is 10.9 Å². The zero-order valence-corrected chi connectivity index (χ0v) is 11.3. The summed E-state index contributed by atoms with van der Waals surface area (Å²) in [6.45, 7) is 0. The zero-order valence-electron chi connectivity index (χ0n) is 10.5. The molecule has 1 N–H and O–H groups in total. The molecule has 1 aromatic heterocycles. The van der Waals surface area contributed by atoms with E-state index in [1.807, 2.05) is 7.05 Å². The summed E-state index contributed by atoms with van der Waals surface area (Å²) in [5.41, 5.74) is 1.13. The molecule has 0 aliphatic heterocycles. The molecule has 2 rings (SSSR count). The molecule has 0 radical (unpaired) electrons. The van der Waals surface area contributed by atoms with E-state index in [-0.39, 0.29) is 5.56 Å². The van der Waals surface area contributed by atoms with Gasteiger partial charge in [-0.15, -0.1) is 0 Å². The number of aromatic nitrogens is 3. The molecule has 0 spiro atoms. The molecule has 0 fully saturated rings. The van der Waals surface area contributed by atoms with Gasteiger partial charge in [-0.1, -0.05) is 17.8 Å². The van der Waals surface area contributed by atoms with Gasteiger partial charge in [-0.25, -0.2) is 14.5 Å². The van der Waals surface area contributed by atoms with Crippen molar-refractivity contribution in [1.82, 2.24) is 14.8 Å². The first-order valence-corrected chi connectivity index (χ1v) is 6.47. The molecule has 7 heteroatoms. The summed E-state index contributed by atoms with van der Waals surface area (Å²) in [6, 6.07) is 5.05. The SMILES string of the molecule is COc1cc(CSc2ncnn2C)ccc1C(=O)O. The van der Waals surface area contributed by atoms with E-state index in [0.717, 1.165) is 10.7 Å². The third-order valence-electron chi connectivity index (χ3n) is 2.53. The van der Waals surface area contributed by atoms with E-state index < -0.39 is 5.97 Å². The van der Waals surface area contributed by atoms with Crippen molar-refractivity contribution < 1.29 is 14.6 Å².